The average Bonchev–Trinajstić information content (AvgIpc) is 2.78. The van der Waals surface area contributed by atoms with Crippen LogP contribution in [0.25, 0.3) is 0 Å². The molecule has 3 aliphatic rings. The van der Waals surface area contributed by atoms with Crippen LogP contribution in [0.2, 0.25) is 0 Å². The van der Waals surface area contributed by atoms with Crippen LogP contribution in [0.1, 0.15) is 32.6 Å². The molecule has 5 unspecified atom stereocenters. The van der Waals surface area contributed by atoms with Gasteiger partial charge in [-0.05, 0) is 30.6 Å². The smallest absolute Gasteiger partial charge is 0.0983 e. The van der Waals surface area contributed by atoms with Gasteiger partial charge in [-0.15, -0.1) is 0 Å². The molecule has 1 heterocycles. The van der Waals surface area contributed by atoms with E-state index in [2.05, 4.69) is 29.3 Å². The van der Waals surface area contributed by atoms with Gasteiger partial charge in [-0.3, -0.25) is 5.01 Å². The van der Waals surface area contributed by atoms with Crippen molar-refractivity contribution in [2.75, 3.05) is 7.05 Å². The quantitative estimate of drug-likeness (QED) is 0.662. The maximum absolute atomic E-state index is 4.44. The van der Waals surface area contributed by atoms with E-state index in [4.69, 9.17) is 0 Å². The zero-order chi connectivity index (χ0) is 9.71. The topological polar surface area (TPSA) is 28.0 Å². The van der Waals surface area contributed by atoms with Crippen LogP contribution in [0, 0.1) is 17.8 Å². The Kier molecular flexibility index (Phi) is 1.83. The molecule has 0 aromatic heterocycles. The first-order valence-corrected chi connectivity index (χ1v) is 5.95. The van der Waals surface area contributed by atoms with Crippen LogP contribution in [0.3, 0.4) is 0 Å². The molecule has 0 N–H and O–H groups in total. The molecule has 78 valence electrons. The van der Waals surface area contributed by atoms with Crippen molar-refractivity contribution in [1.82, 2.24) is 5.01 Å². The van der Waals surface area contributed by atoms with E-state index in [0.717, 1.165) is 17.8 Å². The second kappa shape index (κ2) is 2.94. The third-order valence-electron chi connectivity index (χ3n) is 4.47. The highest BCUT2D eigenvalue weighted by Gasteiger charge is 2.56. The van der Waals surface area contributed by atoms with E-state index in [1.165, 1.54) is 25.7 Å². The molecule has 14 heavy (non-hydrogen) atoms. The highest BCUT2D eigenvalue weighted by Crippen LogP contribution is 2.54. The van der Waals surface area contributed by atoms with Gasteiger partial charge in [0, 0.05) is 7.05 Å². The molecule has 0 radical (unpaired) electrons. The fourth-order valence-corrected chi connectivity index (χ4v) is 4.01. The van der Waals surface area contributed by atoms with Gasteiger partial charge in [0.05, 0.1) is 12.1 Å². The molecular weight excluding hydrogens is 174 g/mol. The van der Waals surface area contributed by atoms with Gasteiger partial charge in [-0.25, -0.2) is 0 Å². The number of rotatable bonds is 2. The third kappa shape index (κ3) is 0.984. The normalized spacial score (nSPS) is 49.0. The second-order valence-corrected chi connectivity index (χ2v) is 5.20. The fraction of sp³-hybridized carbons (Fsp3) is 1.00. The van der Waals surface area contributed by atoms with Crippen LogP contribution < -0.4 is 0 Å². The highest BCUT2D eigenvalue weighted by molar-refractivity contribution is 5.08. The van der Waals surface area contributed by atoms with E-state index in [1.54, 1.807) is 0 Å². The van der Waals surface area contributed by atoms with E-state index in [0.29, 0.717) is 12.1 Å². The van der Waals surface area contributed by atoms with E-state index in [1.807, 2.05) is 0 Å². The van der Waals surface area contributed by atoms with Gasteiger partial charge >= 0.3 is 0 Å². The summed E-state index contributed by atoms with van der Waals surface area (Å²) in [6.07, 6.45) is 5.60. The summed E-state index contributed by atoms with van der Waals surface area (Å²) in [7, 11) is 2.09. The first-order chi connectivity index (χ1) is 6.81. The van der Waals surface area contributed by atoms with E-state index >= 15 is 0 Å². The number of hydrogen-bond acceptors (Lipinski definition) is 3. The molecule has 3 rings (SSSR count). The van der Waals surface area contributed by atoms with Crippen molar-refractivity contribution in [3.05, 3.63) is 0 Å². The lowest BCUT2D eigenvalue weighted by atomic mass is 9.80. The van der Waals surface area contributed by atoms with Crippen molar-refractivity contribution >= 4 is 0 Å². The number of likely N-dealkylation sites (N-methyl/N-ethyl adjacent to an activating group) is 1. The summed E-state index contributed by atoms with van der Waals surface area (Å²) in [5.41, 5.74) is 0. The van der Waals surface area contributed by atoms with Gasteiger partial charge in [0.1, 0.15) is 0 Å². The van der Waals surface area contributed by atoms with Crippen molar-refractivity contribution in [1.29, 1.82) is 0 Å². The van der Waals surface area contributed by atoms with E-state index in [-0.39, 0.29) is 0 Å². The molecule has 0 aromatic rings. The molecule has 0 spiro atoms. The van der Waals surface area contributed by atoms with Crippen LogP contribution in [0.15, 0.2) is 10.3 Å². The predicted octanol–water partition coefficient (Wildman–Crippen LogP) is 2.49. The third-order valence-corrected chi connectivity index (χ3v) is 4.47. The Labute approximate surface area is 85.5 Å². The van der Waals surface area contributed by atoms with Crippen molar-refractivity contribution in [2.24, 2.45) is 28.1 Å². The first kappa shape index (κ1) is 8.69. The molecule has 1 aliphatic heterocycles. The zero-order valence-corrected chi connectivity index (χ0v) is 9.06. The monoisotopic (exact) mass is 193 g/mol. The van der Waals surface area contributed by atoms with Gasteiger partial charge in [0.25, 0.3) is 0 Å². The van der Waals surface area contributed by atoms with Crippen molar-refractivity contribution in [3.8, 4) is 0 Å². The van der Waals surface area contributed by atoms with E-state index in [9.17, 15) is 0 Å². The summed E-state index contributed by atoms with van der Waals surface area (Å²) in [5.74, 6) is 2.71. The second-order valence-electron chi connectivity index (χ2n) is 5.20. The molecule has 2 fully saturated rings. The standard InChI is InChI=1S/C11H19N3/c1-3-4-7-5-8-6-9(7)10-11(8)14(2)13-12-10/h7-11H,3-6H2,1-2H3. The fourth-order valence-electron chi connectivity index (χ4n) is 4.01. The molecule has 3 heteroatoms. The first-order valence-electron chi connectivity index (χ1n) is 5.95. The molecule has 2 aliphatic carbocycles. The van der Waals surface area contributed by atoms with Gasteiger partial charge < -0.3 is 0 Å². The van der Waals surface area contributed by atoms with Gasteiger partial charge in [0.2, 0.25) is 0 Å². The Bertz CT molecular complexity index is 263. The molecule has 0 saturated heterocycles. The van der Waals surface area contributed by atoms with Gasteiger partial charge in [-0.2, -0.15) is 5.11 Å². The summed E-state index contributed by atoms with van der Waals surface area (Å²) < 4.78 is 0. The van der Waals surface area contributed by atoms with Crippen LogP contribution in [-0.2, 0) is 0 Å². The van der Waals surface area contributed by atoms with E-state index < -0.39 is 0 Å². The number of fused-ring (bicyclic) bond motifs is 5. The summed E-state index contributed by atoms with van der Waals surface area (Å²) in [5, 5.41) is 10.8. The Hall–Kier alpha value is -0.600. The Morgan fingerprint density at radius 2 is 2.21 bits per heavy atom. The number of hydrogen-bond donors (Lipinski definition) is 0. The molecule has 3 nitrogen and oxygen atoms in total. The average molecular weight is 193 g/mol. The lowest BCUT2D eigenvalue weighted by Crippen LogP contribution is -2.40. The molecule has 2 saturated carbocycles. The minimum absolute atomic E-state index is 0.551. The minimum Gasteiger partial charge on any atom is -0.276 e. The number of nitrogens with zero attached hydrogens (tertiary/aromatic N) is 3. The zero-order valence-electron chi connectivity index (χ0n) is 9.06. The molecule has 0 aromatic carbocycles. The SMILES string of the molecule is CCCC1CC2CC1C1N=NN(C)C21. The predicted molar refractivity (Wildman–Crippen MR) is 54.8 cm³/mol. The Balaban J connectivity index is 1.78. The minimum atomic E-state index is 0.551. The van der Waals surface area contributed by atoms with Crippen LogP contribution >= 0.6 is 0 Å². The van der Waals surface area contributed by atoms with Crippen molar-refractivity contribution in [2.45, 2.75) is 44.7 Å². The summed E-state index contributed by atoms with van der Waals surface area (Å²) in [6.45, 7) is 2.30. The summed E-state index contributed by atoms with van der Waals surface area (Å²) in [4.78, 5) is 0. The maximum Gasteiger partial charge on any atom is 0.0983 e. The maximum atomic E-state index is 4.44. The van der Waals surface area contributed by atoms with Crippen LogP contribution in [-0.4, -0.2) is 24.1 Å². The van der Waals surface area contributed by atoms with Crippen LogP contribution in [0.4, 0.5) is 0 Å². The lowest BCUT2D eigenvalue weighted by Gasteiger charge is -2.31. The van der Waals surface area contributed by atoms with Gasteiger partial charge in [-0.1, -0.05) is 25.0 Å². The molecule has 5 atom stereocenters. The van der Waals surface area contributed by atoms with Gasteiger partial charge in [0.15, 0.2) is 0 Å². The summed E-state index contributed by atoms with van der Waals surface area (Å²) >= 11 is 0. The molecular formula is C11H19N3. The van der Waals surface area contributed by atoms with Crippen molar-refractivity contribution < 1.29 is 0 Å². The Morgan fingerprint density at radius 1 is 1.36 bits per heavy atom. The lowest BCUT2D eigenvalue weighted by molar-refractivity contribution is 0.172. The highest BCUT2D eigenvalue weighted by atomic mass is 15.6. The summed E-state index contributed by atoms with van der Waals surface area (Å²) in [6, 6.07) is 1.21. The molecule has 2 bridgehead atoms. The Morgan fingerprint density at radius 3 is 3.00 bits per heavy atom. The van der Waals surface area contributed by atoms with Crippen LogP contribution in [0.5, 0.6) is 0 Å². The van der Waals surface area contributed by atoms with Crippen molar-refractivity contribution in [3.63, 3.8) is 0 Å². The largest absolute Gasteiger partial charge is 0.276 e. The molecule has 0 amide bonds.